The first-order valence-corrected chi connectivity index (χ1v) is 15.4. The summed E-state index contributed by atoms with van der Waals surface area (Å²) in [5, 5.41) is 11.2. The Labute approximate surface area is 227 Å². The molecule has 6 rings (SSSR count). The first-order chi connectivity index (χ1) is 18.3. The van der Waals surface area contributed by atoms with Gasteiger partial charge in [-0.2, -0.15) is 0 Å². The van der Waals surface area contributed by atoms with Crippen molar-refractivity contribution < 1.29 is 19.4 Å². The van der Waals surface area contributed by atoms with Crippen LogP contribution in [0.15, 0.2) is 18.2 Å². The number of Topliss-reactive ketones (excluding diaryl/α,β-unsaturated/α-hetero) is 1. The van der Waals surface area contributed by atoms with Crippen LogP contribution in [0.4, 0.5) is 5.82 Å². The molecule has 1 saturated heterocycles. The van der Waals surface area contributed by atoms with Gasteiger partial charge in [0, 0.05) is 31.9 Å². The van der Waals surface area contributed by atoms with Crippen LogP contribution < -0.4 is 4.90 Å². The molecule has 1 aromatic rings. The van der Waals surface area contributed by atoms with E-state index in [4.69, 9.17) is 9.72 Å². The predicted octanol–water partition coefficient (Wildman–Crippen LogP) is 5.36. The highest BCUT2D eigenvalue weighted by molar-refractivity contribution is 5.94. The van der Waals surface area contributed by atoms with Crippen LogP contribution in [0.2, 0.25) is 0 Å². The Morgan fingerprint density at radius 1 is 1.11 bits per heavy atom. The number of amides is 1. The number of ketones is 1. The van der Waals surface area contributed by atoms with Gasteiger partial charge in [0.2, 0.25) is 5.91 Å². The van der Waals surface area contributed by atoms with Gasteiger partial charge in [-0.3, -0.25) is 14.5 Å². The monoisotopic (exact) mass is 522 g/mol. The molecule has 1 aromatic heterocycles. The summed E-state index contributed by atoms with van der Waals surface area (Å²) in [6.07, 6.45) is 11.8. The molecule has 1 N–H and O–H groups in total. The first-order valence-electron chi connectivity index (χ1n) is 15.4. The van der Waals surface area contributed by atoms with Crippen LogP contribution in [0, 0.1) is 40.9 Å². The third-order valence-corrected chi connectivity index (χ3v) is 11.6. The minimum Gasteiger partial charge on any atom is -0.387 e. The molecule has 1 amide bonds. The number of aromatic nitrogens is 1. The lowest BCUT2D eigenvalue weighted by molar-refractivity contribution is -0.137. The summed E-state index contributed by atoms with van der Waals surface area (Å²) >= 11 is 0. The maximum atomic E-state index is 13.8. The zero-order valence-electron chi connectivity index (χ0n) is 23.4. The average Bonchev–Trinajstić information content (AvgIpc) is 3.50. The number of aliphatic hydroxyl groups is 1. The van der Waals surface area contributed by atoms with E-state index in [1.807, 2.05) is 25.1 Å². The Kier molecular flexibility index (Phi) is 7.17. The molecule has 0 unspecified atom stereocenters. The Hall–Kier alpha value is -1.79. The van der Waals surface area contributed by atoms with Crippen molar-refractivity contribution in [1.29, 1.82) is 0 Å². The van der Waals surface area contributed by atoms with Crippen molar-refractivity contribution in [2.75, 3.05) is 24.7 Å². The molecule has 6 heteroatoms. The van der Waals surface area contributed by atoms with Crippen LogP contribution in [0.3, 0.4) is 0 Å². The van der Waals surface area contributed by atoms with Gasteiger partial charge in [-0.15, -0.1) is 0 Å². The van der Waals surface area contributed by atoms with Gasteiger partial charge in [0.15, 0.2) is 0 Å². The second kappa shape index (κ2) is 10.3. The van der Waals surface area contributed by atoms with E-state index < -0.39 is 5.60 Å². The van der Waals surface area contributed by atoms with Crippen molar-refractivity contribution in [1.82, 2.24) is 4.98 Å². The van der Waals surface area contributed by atoms with Gasteiger partial charge in [-0.05, 0) is 118 Å². The molecule has 4 aliphatic carbocycles. The van der Waals surface area contributed by atoms with Crippen LogP contribution in [0.5, 0.6) is 0 Å². The third kappa shape index (κ3) is 4.64. The highest BCUT2D eigenvalue weighted by Gasteiger charge is 2.59. The molecule has 5 aliphatic rings. The van der Waals surface area contributed by atoms with E-state index in [1.165, 1.54) is 25.7 Å². The number of hydrogen-bond acceptors (Lipinski definition) is 5. The zero-order chi connectivity index (χ0) is 26.5. The molecule has 0 spiro atoms. The number of rotatable bonds is 7. The zero-order valence-corrected chi connectivity index (χ0v) is 23.4. The lowest BCUT2D eigenvalue weighted by atomic mass is 9.49. The van der Waals surface area contributed by atoms with Crippen molar-refractivity contribution in [3.05, 3.63) is 23.9 Å². The van der Waals surface area contributed by atoms with Gasteiger partial charge in [-0.25, -0.2) is 4.98 Å². The molecule has 0 bridgehead atoms. The normalized spacial score (nSPS) is 40.5. The van der Waals surface area contributed by atoms with E-state index in [1.54, 1.807) is 4.90 Å². The van der Waals surface area contributed by atoms with Gasteiger partial charge in [0.1, 0.15) is 11.6 Å². The Morgan fingerprint density at radius 2 is 1.95 bits per heavy atom. The lowest BCUT2D eigenvalue weighted by Gasteiger charge is -2.57. The van der Waals surface area contributed by atoms with Crippen LogP contribution in [0.25, 0.3) is 0 Å². The topological polar surface area (TPSA) is 79.7 Å². The molecule has 4 saturated carbocycles. The molecular formula is C32H46N2O4. The first kappa shape index (κ1) is 26.4. The molecular weight excluding hydrogens is 476 g/mol. The summed E-state index contributed by atoms with van der Waals surface area (Å²) < 4.78 is 5.64. The summed E-state index contributed by atoms with van der Waals surface area (Å²) in [5.41, 5.74) is 0.263. The highest BCUT2D eigenvalue weighted by Crippen LogP contribution is 2.64. The Morgan fingerprint density at radius 3 is 2.74 bits per heavy atom. The van der Waals surface area contributed by atoms with E-state index in [2.05, 4.69) is 6.92 Å². The number of nitrogens with zero attached hydrogens (tertiary/aromatic N) is 2. The average molecular weight is 523 g/mol. The largest absolute Gasteiger partial charge is 0.387 e. The summed E-state index contributed by atoms with van der Waals surface area (Å²) in [7, 11) is 0. The molecule has 0 aromatic carbocycles. The smallest absolute Gasteiger partial charge is 0.228 e. The maximum Gasteiger partial charge on any atom is 0.228 e. The molecule has 0 radical (unpaired) electrons. The number of fused-ring (bicyclic) bond motifs is 5. The molecule has 38 heavy (non-hydrogen) atoms. The molecule has 8 atom stereocenters. The molecule has 2 heterocycles. The number of carbonyl (C=O) groups is 2. The van der Waals surface area contributed by atoms with Crippen LogP contribution in [-0.4, -0.2) is 47.1 Å². The van der Waals surface area contributed by atoms with Crippen LogP contribution in [-0.2, 0) is 20.7 Å². The van der Waals surface area contributed by atoms with Crippen molar-refractivity contribution in [3.63, 3.8) is 0 Å². The van der Waals surface area contributed by atoms with Gasteiger partial charge < -0.3 is 9.84 Å². The summed E-state index contributed by atoms with van der Waals surface area (Å²) in [6, 6.07) is 5.79. The fourth-order valence-electron chi connectivity index (χ4n) is 9.82. The highest BCUT2D eigenvalue weighted by atomic mass is 16.5. The van der Waals surface area contributed by atoms with Crippen molar-refractivity contribution in [3.8, 4) is 0 Å². The predicted molar refractivity (Wildman–Crippen MR) is 147 cm³/mol. The number of hydrogen-bond donors (Lipinski definition) is 1. The quantitative estimate of drug-likeness (QED) is 0.522. The number of ether oxygens (including phenoxy) is 1. The third-order valence-electron chi connectivity index (χ3n) is 11.6. The SMILES string of the molecule is CCOC[C@@]1(O)CC[C@H]2[C@H](CC[C@@H]3[C@@H]2CC[C@]2(C)[C@@H](C(=O)Cc4cccc(N5CCCC5=O)n4)CC[C@@H]32)C1. The van der Waals surface area contributed by atoms with Gasteiger partial charge in [0.25, 0.3) is 0 Å². The van der Waals surface area contributed by atoms with E-state index in [0.717, 1.165) is 68.5 Å². The minimum absolute atomic E-state index is 0.0952. The van der Waals surface area contributed by atoms with Crippen LogP contribution in [0.1, 0.15) is 90.2 Å². The fraction of sp³-hybridized carbons (Fsp3) is 0.781. The van der Waals surface area contributed by atoms with E-state index in [-0.39, 0.29) is 17.2 Å². The number of pyridine rings is 1. The van der Waals surface area contributed by atoms with Crippen molar-refractivity contribution >= 4 is 17.5 Å². The van der Waals surface area contributed by atoms with Gasteiger partial charge in [-0.1, -0.05) is 13.0 Å². The second-order valence-electron chi connectivity index (χ2n) is 13.5. The van der Waals surface area contributed by atoms with Crippen molar-refractivity contribution in [2.45, 2.75) is 96.5 Å². The van der Waals surface area contributed by atoms with Crippen molar-refractivity contribution in [2.24, 2.45) is 40.9 Å². The van der Waals surface area contributed by atoms with E-state index >= 15 is 0 Å². The van der Waals surface area contributed by atoms with Gasteiger partial charge in [0.05, 0.1) is 17.9 Å². The van der Waals surface area contributed by atoms with E-state index in [9.17, 15) is 14.7 Å². The molecule has 1 aliphatic heterocycles. The molecule has 6 nitrogen and oxygen atoms in total. The summed E-state index contributed by atoms with van der Waals surface area (Å²) in [6.45, 7) is 6.30. The van der Waals surface area contributed by atoms with Gasteiger partial charge >= 0.3 is 0 Å². The number of carbonyl (C=O) groups excluding carboxylic acids is 2. The van der Waals surface area contributed by atoms with E-state index in [0.29, 0.717) is 49.5 Å². The molecule has 5 fully saturated rings. The second-order valence-corrected chi connectivity index (χ2v) is 13.5. The summed E-state index contributed by atoms with van der Waals surface area (Å²) in [4.78, 5) is 32.5. The minimum atomic E-state index is -0.633. The van der Waals surface area contributed by atoms with Crippen LogP contribution >= 0.6 is 0 Å². The fourth-order valence-corrected chi connectivity index (χ4v) is 9.82. The Bertz CT molecular complexity index is 1060. The maximum absolute atomic E-state index is 13.8. The standard InChI is InChI=1S/C32H46N2O4/c1-3-38-20-32(37)16-14-23-21(19-32)9-10-25-24(23)13-15-31(2)26(25)11-12-27(31)28(35)18-22-6-4-7-29(33-22)34-17-5-8-30(34)36/h4,6-7,21,23-27,37H,3,5,8-20H2,1-2H3/t21-,23+,24-,25-,26+,27-,31+,32-/m1/s1. The lowest BCUT2D eigenvalue weighted by Crippen LogP contribution is -2.52. The summed E-state index contributed by atoms with van der Waals surface area (Å²) in [5.74, 6) is 4.78. The Balaban J connectivity index is 1.12. The number of anilines is 1. The molecule has 208 valence electrons.